The Morgan fingerprint density at radius 2 is 2.25 bits per heavy atom. The van der Waals surface area contributed by atoms with E-state index in [9.17, 15) is 4.79 Å². The molecule has 0 aliphatic heterocycles. The van der Waals surface area contributed by atoms with Crippen molar-refractivity contribution in [1.82, 2.24) is 5.32 Å². The lowest BCUT2D eigenvalue weighted by Crippen LogP contribution is -2.27. The fraction of sp³-hybridized carbons (Fsp3) is 0.308. The molecule has 2 nitrogen and oxygen atoms in total. The molecule has 0 saturated heterocycles. The molecule has 0 radical (unpaired) electrons. The summed E-state index contributed by atoms with van der Waals surface area (Å²) in [6.07, 6.45) is 3.91. The Bertz CT molecular complexity index is 385. The van der Waals surface area contributed by atoms with E-state index in [-0.39, 0.29) is 11.8 Å². The molecule has 86 valence electrons. The highest BCUT2D eigenvalue weighted by Crippen LogP contribution is 2.09. The first-order valence-corrected chi connectivity index (χ1v) is 5.77. The van der Waals surface area contributed by atoms with Crippen LogP contribution in [0.1, 0.15) is 19.4 Å². The molecule has 0 aliphatic carbocycles. The van der Waals surface area contributed by atoms with Gasteiger partial charge in [0.2, 0.25) is 5.91 Å². The van der Waals surface area contributed by atoms with Gasteiger partial charge in [-0.15, -0.1) is 12.6 Å². The number of benzene rings is 1. The molecule has 1 amide bonds. The van der Waals surface area contributed by atoms with Gasteiger partial charge in [0.15, 0.2) is 0 Å². The van der Waals surface area contributed by atoms with Gasteiger partial charge in [0.1, 0.15) is 0 Å². The molecule has 0 heterocycles. The predicted octanol–water partition coefficient (Wildman–Crippen LogP) is 2.76. The lowest BCUT2D eigenvalue weighted by Gasteiger charge is -2.04. The summed E-state index contributed by atoms with van der Waals surface area (Å²) in [6.45, 7) is 4.32. The number of rotatable bonds is 4. The summed E-state index contributed by atoms with van der Waals surface area (Å²) in [5.41, 5.74) is 1.09. The number of amides is 1. The standard InChI is InChI=1S/C13H17NOS/c1-10(2)13(15)14-8-4-6-11-5-3-7-12(16)9-11/h3-7,9-10,16H,8H2,1-2H3,(H,14,15)/b6-4-. The van der Waals surface area contributed by atoms with Gasteiger partial charge >= 0.3 is 0 Å². The lowest BCUT2D eigenvalue weighted by molar-refractivity contribution is -0.123. The Morgan fingerprint density at radius 3 is 2.88 bits per heavy atom. The van der Waals surface area contributed by atoms with Gasteiger partial charge in [-0.1, -0.05) is 38.1 Å². The highest BCUT2D eigenvalue weighted by atomic mass is 32.1. The Labute approximate surface area is 102 Å². The fourth-order valence-corrected chi connectivity index (χ4v) is 1.42. The molecule has 0 fully saturated rings. The van der Waals surface area contributed by atoms with Crippen molar-refractivity contribution < 1.29 is 4.79 Å². The highest BCUT2D eigenvalue weighted by molar-refractivity contribution is 7.80. The van der Waals surface area contributed by atoms with E-state index in [1.807, 2.05) is 50.3 Å². The van der Waals surface area contributed by atoms with Crippen molar-refractivity contribution in [3.8, 4) is 0 Å². The molecule has 1 N–H and O–H groups in total. The van der Waals surface area contributed by atoms with Gasteiger partial charge in [0, 0.05) is 17.4 Å². The SMILES string of the molecule is CC(C)C(=O)NC/C=C\c1cccc(S)c1. The zero-order chi connectivity index (χ0) is 12.0. The van der Waals surface area contributed by atoms with Crippen LogP contribution in [0.25, 0.3) is 6.08 Å². The molecule has 16 heavy (non-hydrogen) atoms. The van der Waals surface area contributed by atoms with E-state index in [4.69, 9.17) is 0 Å². The van der Waals surface area contributed by atoms with Crippen molar-refractivity contribution in [1.29, 1.82) is 0 Å². The zero-order valence-corrected chi connectivity index (χ0v) is 10.5. The number of hydrogen-bond acceptors (Lipinski definition) is 2. The third kappa shape index (κ3) is 4.53. The van der Waals surface area contributed by atoms with Crippen LogP contribution in [0.15, 0.2) is 35.2 Å². The second-order valence-electron chi connectivity index (χ2n) is 3.90. The van der Waals surface area contributed by atoms with Gasteiger partial charge in [-0.05, 0) is 17.7 Å². The molecular formula is C13H17NOS. The van der Waals surface area contributed by atoms with Crippen molar-refractivity contribution >= 4 is 24.6 Å². The van der Waals surface area contributed by atoms with Gasteiger partial charge in [0.05, 0.1) is 0 Å². The average molecular weight is 235 g/mol. The summed E-state index contributed by atoms with van der Waals surface area (Å²) in [5.74, 6) is 0.113. The molecule has 0 unspecified atom stereocenters. The summed E-state index contributed by atoms with van der Waals surface area (Å²) in [5, 5.41) is 2.82. The third-order valence-electron chi connectivity index (χ3n) is 2.10. The Hall–Kier alpha value is -1.22. The number of carbonyl (C=O) groups excluding carboxylic acids is 1. The summed E-state index contributed by atoms with van der Waals surface area (Å²) in [4.78, 5) is 12.2. The molecule has 1 aromatic carbocycles. The van der Waals surface area contributed by atoms with Crippen LogP contribution >= 0.6 is 12.6 Å². The number of thiol groups is 1. The molecule has 1 rings (SSSR count). The Morgan fingerprint density at radius 1 is 1.50 bits per heavy atom. The van der Waals surface area contributed by atoms with Crippen molar-refractivity contribution in [2.24, 2.45) is 5.92 Å². The molecule has 0 atom stereocenters. The van der Waals surface area contributed by atoms with Gasteiger partial charge in [-0.3, -0.25) is 4.79 Å². The summed E-state index contributed by atoms with van der Waals surface area (Å²) in [7, 11) is 0. The Balaban J connectivity index is 2.41. The normalized spacial score (nSPS) is 11.0. The van der Waals surface area contributed by atoms with Crippen LogP contribution in [0.4, 0.5) is 0 Å². The van der Waals surface area contributed by atoms with E-state index < -0.39 is 0 Å². The van der Waals surface area contributed by atoms with Gasteiger partial charge in [-0.25, -0.2) is 0 Å². The third-order valence-corrected chi connectivity index (χ3v) is 2.38. The molecular weight excluding hydrogens is 218 g/mol. The average Bonchev–Trinajstić information content (AvgIpc) is 2.24. The highest BCUT2D eigenvalue weighted by Gasteiger charge is 2.03. The van der Waals surface area contributed by atoms with Crippen LogP contribution in [0.2, 0.25) is 0 Å². The second kappa shape index (κ2) is 6.38. The van der Waals surface area contributed by atoms with Gasteiger partial charge in [0.25, 0.3) is 0 Å². The van der Waals surface area contributed by atoms with E-state index in [1.165, 1.54) is 0 Å². The quantitative estimate of drug-likeness (QED) is 0.772. The first kappa shape index (κ1) is 12.8. The van der Waals surface area contributed by atoms with E-state index in [0.29, 0.717) is 6.54 Å². The topological polar surface area (TPSA) is 29.1 Å². The van der Waals surface area contributed by atoms with Crippen LogP contribution in [0.5, 0.6) is 0 Å². The maximum atomic E-state index is 11.3. The maximum absolute atomic E-state index is 11.3. The van der Waals surface area contributed by atoms with Crippen molar-refractivity contribution in [3.63, 3.8) is 0 Å². The van der Waals surface area contributed by atoms with E-state index in [0.717, 1.165) is 10.5 Å². The maximum Gasteiger partial charge on any atom is 0.222 e. The van der Waals surface area contributed by atoms with Crippen LogP contribution in [0, 0.1) is 5.92 Å². The number of carbonyl (C=O) groups is 1. The minimum absolute atomic E-state index is 0.0363. The monoisotopic (exact) mass is 235 g/mol. The van der Waals surface area contributed by atoms with Crippen molar-refractivity contribution in [2.45, 2.75) is 18.7 Å². The lowest BCUT2D eigenvalue weighted by atomic mass is 10.2. The minimum Gasteiger partial charge on any atom is -0.352 e. The predicted molar refractivity (Wildman–Crippen MR) is 70.6 cm³/mol. The first-order chi connectivity index (χ1) is 7.59. The second-order valence-corrected chi connectivity index (χ2v) is 4.41. The zero-order valence-electron chi connectivity index (χ0n) is 9.60. The molecule has 0 saturated carbocycles. The van der Waals surface area contributed by atoms with Crippen LogP contribution in [-0.2, 0) is 4.79 Å². The smallest absolute Gasteiger partial charge is 0.222 e. The van der Waals surface area contributed by atoms with Crippen molar-refractivity contribution in [3.05, 3.63) is 35.9 Å². The molecule has 3 heteroatoms. The molecule has 0 bridgehead atoms. The minimum atomic E-state index is 0.0363. The van der Waals surface area contributed by atoms with E-state index >= 15 is 0 Å². The van der Waals surface area contributed by atoms with Crippen molar-refractivity contribution in [2.75, 3.05) is 6.54 Å². The molecule has 1 aromatic rings. The largest absolute Gasteiger partial charge is 0.352 e. The first-order valence-electron chi connectivity index (χ1n) is 5.33. The summed E-state index contributed by atoms with van der Waals surface area (Å²) < 4.78 is 0. The number of hydrogen-bond donors (Lipinski definition) is 2. The fourth-order valence-electron chi connectivity index (χ4n) is 1.19. The van der Waals surface area contributed by atoms with E-state index in [1.54, 1.807) is 0 Å². The molecule has 0 aromatic heterocycles. The molecule has 0 spiro atoms. The summed E-state index contributed by atoms with van der Waals surface area (Å²) >= 11 is 4.26. The van der Waals surface area contributed by atoms with Crippen LogP contribution in [0.3, 0.4) is 0 Å². The van der Waals surface area contributed by atoms with Crippen LogP contribution < -0.4 is 5.32 Å². The van der Waals surface area contributed by atoms with E-state index in [2.05, 4.69) is 17.9 Å². The van der Waals surface area contributed by atoms with Gasteiger partial charge in [-0.2, -0.15) is 0 Å². The molecule has 0 aliphatic rings. The summed E-state index contributed by atoms with van der Waals surface area (Å²) in [6, 6.07) is 7.86. The van der Waals surface area contributed by atoms with Crippen LogP contribution in [-0.4, -0.2) is 12.5 Å². The number of nitrogens with one attached hydrogen (secondary N) is 1. The Kier molecular flexibility index (Phi) is 5.12. The van der Waals surface area contributed by atoms with Gasteiger partial charge < -0.3 is 5.32 Å².